The van der Waals surface area contributed by atoms with Crippen LogP contribution in [0.15, 0.2) is 47.4 Å². The number of anilines is 1. The average Bonchev–Trinajstić information content (AvgIpc) is 2.60. The Labute approximate surface area is 165 Å². The molecule has 0 atom stereocenters. The molecular formula is C19H24ClN3O3S. The molecule has 0 aliphatic rings. The molecule has 8 heteroatoms. The first-order valence-corrected chi connectivity index (χ1v) is 10.4. The van der Waals surface area contributed by atoms with Gasteiger partial charge in [0.05, 0.1) is 10.7 Å². The number of hydrogen-bond donors (Lipinski definition) is 2. The largest absolute Gasteiger partial charge is 0.352 e. The summed E-state index contributed by atoms with van der Waals surface area (Å²) in [6, 6.07) is 11.3. The van der Waals surface area contributed by atoms with Crippen LogP contribution in [0, 0.1) is 6.92 Å². The average molecular weight is 410 g/mol. The number of benzene rings is 2. The molecule has 0 aliphatic heterocycles. The van der Waals surface area contributed by atoms with Gasteiger partial charge in [0, 0.05) is 12.1 Å². The van der Waals surface area contributed by atoms with Gasteiger partial charge < -0.3 is 10.2 Å². The summed E-state index contributed by atoms with van der Waals surface area (Å²) in [6.07, 6.45) is 0.798. The van der Waals surface area contributed by atoms with Crippen molar-refractivity contribution in [1.29, 1.82) is 0 Å². The maximum Gasteiger partial charge on any atom is 0.263 e. The van der Waals surface area contributed by atoms with Gasteiger partial charge >= 0.3 is 0 Å². The minimum Gasteiger partial charge on any atom is -0.352 e. The van der Waals surface area contributed by atoms with Gasteiger partial charge in [0.2, 0.25) is 0 Å². The minimum absolute atomic E-state index is 0.0558. The van der Waals surface area contributed by atoms with Crippen molar-refractivity contribution in [2.75, 3.05) is 31.9 Å². The highest BCUT2D eigenvalue weighted by Crippen LogP contribution is 2.26. The van der Waals surface area contributed by atoms with Crippen molar-refractivity contribution in [1.82, 2.24) is 10.2 Å². The van der Waals surface area contributed by atoms with Crippen LogP contribution in [0.4, 0.5) is 5.69 Å². The Hall–Kier alpha value is -2.09. The normalized spacial score (nSPS) is 11.4. The van der Waals surface area contributed by atoms with E-state index >= 15 is 0 Å². The zero-order valence-electron chi connectivity index (χ0n) is 15.6. The van der Waals surface area contributed by atoms with E-state index in [1.807, 2.05) is 25.1 Å². The third-order valence-corrected chi connectivity index (χ3v) is 5.79. The van der Waals surface area contributed by atoms with E-state index in [9.17, 15) is 13.2 Å². The van der Waals surface area contributed by atoms with E-state index in [0.29, 0.717) is 12.2 Å². The Kier molecular flexibility index (Phi) is 7.24. The highest BCUT2D eigenvalue weighted by Gasteiger charge is 2.21. The molecule has 27 heavy (non-hydrogen) atoms. The van der Waals surface area contributed by atoms with E-state index < -0.39 is 10.0 Å². The van der Waals surface area contributed by atoms with Gasteiger partial charge in [-0.05, 0) is 63.8 Å². The van der Waals surface area contributed by atoms with Gasteiger partial charge in [-0.1, -0.05) is 29.8 Å². The van der Waals surface area contributed by atoms with Gasteiger partial charge in [-0.25, -0.2) is 8.42 Å². The van der Waals surface area contributed by atoms with Gasteiger partial charge in [0.25, 0.3) is 15.9 Å². The molecule has 0 aromatic heterocycles. The summed E-state index contributed by atoms with van der Waals surface area (Å²) in [5, 5.41) is 2.84. The molecule has 0 heterocycles. The van der Waals surface area contributed by atoms with Gasteiger partial charge in [-0.2, -0.15) is 0 Å². The molecule has 1 amide bonds. The molecule has 2 aromatic carbocycles. The number of hydrogen-bond acceptors (Lipinski definition) is 4. The van der Waals surface area contributed by atoms with Crippen LogP contribution in [-0.2, 0) is 10.0 Å². The Balaban J connectivity index is 2.18. The van der Waals surface area contributed by atoms with Crippen LogP contribution in [0.3, 0.4) is 0 Å². The minimum atomic E-state index is -3.93. The van der Waals surface area contributed by atoms with Crippen molar-refractivity contribution in [3.8, 4) is 0 Å². The fourth-order valence-corrected chi connectivity index (χ4v) is 4.09. The van der Waals surface area contributed by atoms with Crippen molar-refractivity contribution in [3.63, 3.8) is 0 Å². The van der Waals surface area contributed by atoms with E-state index in [-0.39, 0.29) is 21.4 Å². The molecule has 0 fully saturated rings. The van der Waals surface area contributed by atoms with E-state index in [2.05, 4.69) is 10.0 Å². The summed E-state index contributed by atoms with van der Waals surface area (Å²) in [7, 11) is -0.0117. The van der Waals surface area contributed by atoms with Gasteiger partial charge in [-0.15, -0.1) is 0 Å². The molecule has 2 N–H and O–H groups in total. The number of rotatable bonds is 8. The second kappa shape index (κ2) is 9.21. The van der Waals surface area contributed by atoms with Crippen LogP contribution in [0.5, 0.6) is 0 Å². The third kappa shape index (κ3) is 5.95. The Morgan fingerprint density at radius 3 is 2.52 bits per heavy atom. The zero-order valence-corrected chi connectivity index (χ0v) is 17.2. The summed E-state index contributed by atoms with van der Waals surface area (Å²) in [5.74, 6) is -0.335. The molecule has 2 rings (SSSR count). The quantitative estimate of drug-likeness (QED) is 0.656. The standard InChI is InChI=1S/C19H24ClN3O3S/c1-14-7-4-5-8-17(14)22-27(25,26)18-13-15(9-10-16(18)20)19(24)21-11-6-12-23(2)3/h4-5,7-10,13,22H,6,11-12H2,1-3H3,(H,21,24). The van der Waals surface area contributed by atoms with E-state index in [0.717, 1.165) is 18.5 Å². The molecule has 0 aliphatic carbocycles. The smallest absolute Gasteiger partial charge is 0.263 e. The molecule has 0 bridgehead atoms. The molecule has 0 saturated heterocycles. The molecular weight excluding hydrogens is 386 g/mol. The summed E-state index contributed by atoms with van der Waals surface area (Å²) >= 11 is 6.10. The number of carbonyl (C=O) groups excluding carboxylic acids is 1. The second-order valence-electron chi connectivity index (χ2n) is 6.48. The lowest BCUT2D eigenvalue weighted by Gasteiger charge is -2.13. The number of nitrogens with one attached hydrogen (secondary N) is 2. The third-order valence-electron chi connectivity index (χ3n) is 3.94. The monoisotopic (exact) mass is 409 g/mol. The summed E-state index contributed by atoms with van der Waals surface area (Å²) in [6.45, 7) is 3.15. The molecule has 0 radical (unpaired) electrons. The Morgan fingerprint density at radius 1 is 1.15 bits per heavy atom. The fraction of sp³-hybridized carbons (Fsp3) is 0.316. The van der Waals surface area contributed by atoms with E-state index in [1.54, 1.807) is 25.1 Å². The Morgan fingerprint density at radius 2 is 1.85 bits per heavy atom. The maximum absolute atomic E-state index is 12.8. The van der Waals surface area contributed by atoms with Crippen molar-refractivity contribution in [3.05, 3.63) is 58.6 Å². The number of nitrogens with zero attached hydrogens (tertiary/aromatic N) is 1. The zero-order chi connectivity index (χ0) is 20.0. The molecule has 0 saturated carbocycles. The summed E-state index contributed by atoms with van der Waals surface area (Å²) in [4.78, 5) is 14.2. The molecule has 146 valence electrons. The predicted octanol–water partition coefficient (Wildman–Crippen LogP) is 3.13. The van der Waals surface area contributed by atoms with Crippen molar-refractivity contribution < 1.29 is 13.2 Å². The summed E-state index contributed by atoms with van der Waals surface area (Å²) < 4.78 is 28.0. The number of sulfonamides is 1. The number of halogens is 1. The first-order valence-electron chi connectivity index (χ1n) is 8.51. The predicted molar refractivity (Wildman–Crippen MR) is 109 cm³/mol. The van der Waals surface area contributed by atoms with Crippen LogP contribution in [-0.4, -0.2) is 46.4 Å². The van der Waals surface area contributed by atoms with E-state index in [4.69, 9.17) is 11.6 Å². The van der Waals surface area contributed by atoms with Crippen LogP contribution in [0.1, 0.15) is 22.3 Å². The lowest BCUT2D eigenvalue weighted by Crippen LogP contribution is -2.27. The first-order chi connectivity index (χ1) is 12.7. The van der Waals surface area contributed by atoms with Crippen molar-refractivity contribution in [2.45, 2.75) is 18.2 Å². The first kappa shape index (κ1) is 21.2. The lowest BCUT2D eigenvalue weighted by atomic mass is 10.2. The van der Waals surface area contributed by atoms with Crippen LogP contribution in [0.25, 0.3) is 0 Å². The van der Waals surface area contributed by atoms with Gasteiger partial charge in [0.1, 0.15) is 4.90 Å². The SMILES string of the molecule is Cc1ccccc1NS(=O)(=O)c1cc(C(=O)NCCCN(C)C)ccc1Cl. The number of amides is 1. The molecule has 0 spiro atoms. The molecule has 0 unspecified atom stereocenters. The highest BCUT2D eigenvalue weighted by atomic mass is 35.5. The van der Waals surface area contributed by atoms with Crippen molar-refractivity contribution in [2.24, 2.45) is 0 Å². The van der Waals surface area contributed by atoms with Crippen LogP contribution >= 0.6 is 11.6 Å². The maximum atomic E-state index is 12.8. The van der Waals surface area contributed by atoms with Gasteiger partial charge in [0.15, 0.2) is 0 Å². The lowest BCUT2D eigenvalue weighted by molar-refractivity contribution is 0.0952. The number of para-hydroxylation sites is 1. The Bertz CT molecular complexity index is 914. The number of aryl methyl sites for hydroxylation is 1. The topological polar surface area (TPSA) is 78.5 Å². The highest BCUT2D eigenvalue weighted by molar-refractivity contribution is 7.92. The molecule has 2 aromatic rings. The van der Waals surface area contributed by atoms with Crippen LogP contribution in [0.2, 0.25) is 5.02 Å². The second-order valence-corrected chi connectivity index (χ2v) is 8.54. The van der Waals surface area contributed by atoms with Gasteiger partial charge in [-0.3, -0.25) is 9.52 Å². The number of carbonyl (C=O) groups is 1. The van der Waals surface area contributed by atoms with Crippen molar-refractivity contribution >= 4 is 33.2 Å². The summed E-state index contributed by atoms with van der Waals surface area (Å²) in [5.41, 5.74) is 1.49. The fourth-order valence-electron chi connectivity index (χ4n) is 2.44. The molecule has 6 nitrogen and oxygen atoms in total. The van der Waals surface area contributed by atoms with Crippen LogP contribution < -0.4 is 10.0 Å². The van der Waals surface area contributed by atoms with E-state index in [1.165, 1.54) is 18.2 Å².